The molecule has 0 amide bonds. The van der Waals surface area contributed by atoms with Gasteiger partial charge in [-0.3, -0.25) is 0 Å². The molecule has 2 aromatic carbocycles. The Morgan fingerprint density at radius 3 is 2.81 bits per heavy atom. The van der Waals surface area contributed by atoms with Crippen molar-refractivity contribution in [3.05, 3.63) is 47.5 Å². The number of benzene rings is 2. The highest BCUT2D eigenvalue weighted by Crippen LogP contribution is 2.30. The lowest BCUT2D eigenvalue weighted by Gasteiger charge is -1.91. The number of furan rings is 1. The lowest BCUT2D eigenvalue weighted by molar-refractivity contribution is 0.665. The Bertz CT molecular complexity index is 731. The topological polar surface area (TPSA) is 36.9 Å². The van der Waals surface area contributed by atoms with Crippen LogP contribution >= 0.6 is 0 Å². The number of hydrogen-bond donors (Lipinski definition) is 0. The summed E-state index contributed by atoms with van der Waals surface area (Å²) < 4.78 is 5.77. The molecule has 1 heterocycles. The standard InChI is InChI=1S/C14H9NO/c1-9-3-2-4-12-11-6-5-10(8-15)7-13(11)16-14(9)12/h2-7H,1H3. The third kappa shape index (κ3) is 1.12. The lowest BCUT2D eigenvalue weighted by Crippen LogP contribution is -1.72. The first kappa shape index (κ1) is 8.99. The van der Waals surface area contributed by atoms with Crippen LogP contribution in [0, 0.1) is 18.3 Å². The van der Waals surface area contributed by atoms with Gasteiger partial charge in [0.2, 0.25) is 0 Å². The Hall–Kier alpha value is -2.27. The number of nitriles is 1. The molecule has 0 aliphatic rings. The Balaban J connectivity index is 2.51. The van der Waals surface area contributed by atoms with Crippen LogP contribution in [-0.2, 0) is 0 Å². The van der Waals surface area contributed by atoms with Crippen LogP contribution < -0.4 is 0 Å². The zero-order chi connectivity index (χ0) is 11.1. The average molecular weight is 207 g/mol. The second-order valence-electron chi connectivity index (χ2n) is 3.88. The second-order valence-corrected chi connectivity index (χ2v) is 3.88. The Morgan fingerprint density at radius 1 is 1.12 bits per heavy atom. The van der Waals surface area contributed by atoms with Gasteiger partial charge in [-0.25, -0.2) is 0 Å². The van der Waals surface area contributed by atoms with Crippen LogP contribution in [-0.4, -0.2) is 0 Å². The summed E-state index contributed by atoms with van der Waals surface area (Å²) in [5.41, 5.74) is 3.44. The van der Waals surface area contributed by atoms with E-state index in [1.165, 1.54) is 0 Å². The minimum atomic E-state index is 0.629. The highest BCUT2D eigenvalue weighted by Gasteiger charge is 2.08. The predicted octanol–water partition coefficient (Wildman–Crippen LogP) is 3.77. The zero-order valence-electron chi connectivity index (χ0n) is 8.82. The van der Waals surface area contributed by atoms with Crippen molar-refractivity contribution in [2.45, 2.75) is 6.92 Å². The van der Waals surface area contributed by atoms with E-state index in [0.29, 0.717) is 5.56 Å². The number of nitrogens with zero attached hydrogens (tertiary/aromatic N) is 1. The first-order valence-electron chi connectivity index (χ1n) is 5.11. The first-order valence-corrected chi connectivity index (χ1v) is 5.11. The van der Waals surface area contributed by atoms with Crippen molar-refractivity contribution in [2.24, 2.45) is 0 Å². The number of para-hydroxylation sites is 1. The molecule has 0 atom stereocenters. The van der Waals surface area contributed by atoms with Crippen LogP contribution in [0.2, 0.25) is 0 Å². The van der Waals surface area contributed by atoms with Crippen molar-refractivity contribution in [2.75, 3.05) is 0 Å². The fraction of sp³-hybridized carbons (Fsp3) is 0.0714. The summed E-state index contributed by atoms with van der Waals surface area (Å²) in [6.45, 7) is 2.02. The molecule has 76 valence electrons. The van der Waals surface area contributed by atoms with Crippen molar-refractivity contribution in [1.29, 1.82) is 5.26 Å². The summed E-state index contributed by atoms with van der Waals surface area (Å²) in [6.07, 6.45) is 0. The first-order chi connectivity index (χ1) is 7.79. The molecule has 0 aliphatic carbocycles. The van der Waals surface area contributed by atoms with Gasteiger partial charge in [0.05, 0.1) is 11.6 Å². The van der Waals surface area contributed by atoms with Crippen LogP contribution in [0.25, 0.3) is 21.9 Å². The fourth-order valence-corrected chi connectivity index (χ4v) is 2.01. The molecule has 0 bridgehead atoms. The van der Waals surface area contributed by atoms with Gasteiger partial charge >= 0.3 is 0 Å². The van der Waals surface area contributed by atoms with E-state index in [2.05, 4.69) is 6.07 Å². The second kappa shape index (κ2) is 3.11. The molecule has 0 N–H and O–H groups in total. The molecule has 0 fully saturated rings. The minimum absolute atomic E-state index is 0.629. The quantitative estimate of drug-likeness (QED) is 0.562. The van der Waals surface area contributed by atoms with Crippen molar-refractivity contribution in [3.8, 4) is 6.07 Å². The molecule has 0 saturated heterocycles. The summed E-state index contributed by atoms with van der Waals surface area (Å²) in [6, 6.07) is 13.8. The van der Waals surface area contributed by atoms with Crippen LogP contribution in [0.1, 0.15) is 11.1 Å². The lowest BCUT2D eigenvalue weighted by atomic mass is 10.1. The Kier molecular flexibility index (Phi) is 1.75. The number of aryl methyl sites for hydroxylation is 1. The van der Waals surface area contributed by atoms with E-state index >= 15 is 0 Å². The van der Waals surface area contributed by atoms with E-state index in [9.17, 15) is 0 Å². The maximum atomic E-state index is 8.83. The molecular weight excluding hydrogens is 198 g/mol. The summed E-state index contributed by atoms with van der Waals surface area (Å²) in [4.78, 5) is 0. The Morgan fingerprint density at radius 2 is 2.00 bits per heavy atom. The monoisotopic (exact) mass is 207 g/mol. The van der Waals surface area contributed by atoms with Crippen molar-refractivity contribution in [3.63, 3.8) is 0 Å². The normalized spacial score (nSPS) is 10.8. The van der Waals surface area contributed by atoms with Crippen molar-refractivity contribution >= 4 is 21.9 Å². The van der Waals surface area contributed by atoms with E-state index in [-0.39, 0.29) is 0 Å². The van der Waals surface area contributed by atoms with Crippen LogP contribution in [0.3, 0.4) is 0 Å². The van der Waals surface area contributed by atoms with Gasteiger partial charge in [-0.05, 0) is 30.7 Å². The summed E-state index contributed by atoms with van der Waals surface area (Å²) in [5, 5.41) is 11.0. The molecule has 0 aliphatic heterocycles. The molecule has 2 heteroatoms. The zero-order valence-corrected chi connectivity index (χ0v) is 8.82. The van der Waals surface area contributed by atoms with E-state index in [1.54, 1.807) is 6.07 Å². The fourth-order valence-electron chi connectivity index (χ4n) is 2.01. The van der Waals surface area contributed by atoms with Crippen LogP contribution in [0.15, 0.2) is 40.8 Å². The number of fused-ring (bicyclic) bond motifs is 3. The predicted molar refractivity (Wildman–Crippen MR) is 63.2 cm³/mol. The summed E-state index contributed by atoms with van der Waals surface area (Å²) in [5.74, 6) is 0. The molecule has 3 aromatic rings. The van der Waals surface area contributed by atoms with Gasteiger partial charge in [0.1, 0.15) is 11.2 Å². The Labute approximate surface area is 92.7 Å². The van der Waals surface area contributed by atoms with E-state index in [1.807, 2.05) is 37.3 Å². The number of rotatable bonds is 0. The molecule has 0 radical (unpaired) electrons. The van der Waals surface area contributed by atoms with Crippen LogP contribution in [0.4, 0.5) is 0 Å². The maximum Gasteiger partial charge on any atom is 0.138 e. The average Bonchev–Trinajstić information content (AvgIpc) is 2.68. The molecule has 1 aromatic heterocycles. The van der Waals surface area contributed by atoms with Gasteiger partial charge in [-0.2, -0.15) is 5.26 Å². The molecular formula is C14H9NO. The van der Waals surface area contributed by atoms with Gasteiger partial charge in [-0.15, -0.1) is 0 Å². The molecule has 3 rings (SSSR count). The van der Waals surface area contributed by atoms with E-state index < -0.39 is 0 Å². The van der Waals surface area contributed by atoms with Gasteiger partial charge < -0.3 is 4.42 Å². The molecule has 0 spiro atoms. The molecule has 0 unspecified atom stereocenters. The van der Waals surface area contributed by atoms with E-state index in [0.717, 1.165) is 27.5 Å². The van der Waals surface area contributed by atoms with Crippen molar-refractivity contribution in [1.82, 2.24) is 0 Å². The third-order valence-corrected chi connectivity index (χ3v) is 2.82. The van der Waals surface area contributed by atoms with Crippen LogP contribution in [0.5, 0.6) is 0 Å². The largest absolute Gasteiger partial charge is 0.456 e. The van der Waals surface area contributed by atoms with Gasteiger partial charge in [-0.1, -0.05) is 18.2 Å². The number of hydrogen-bond acceptors (Lipinski definition) is 2. The highest BCUT2D eigenvalue weighted by atomic mass is 16.3. The summed E-state index contributed by atoms with van der Waals surface area (Å²) >= 11 is 0. The minimum Gasteiger partial charge on any atom is -0.456 e. The SMILES string of the molecule is Cc1cccc2c1oc1cc(C#N)ccc12. The van der Waals surface area contributed by atoms with E-state index in [4.69, 9.17) is 9.68 Å². The third-order valence-electron chi connectivity index (χ3n) is 2.82. The molecule has 16 heavy (non-hydrogen) atoms. The smallest absolute Gasteiger partial charge is 0.138 e. The maximum absolute atomic E-state index is 8.83. The van der Waals surface area contributed by atoms with Gasteiger partial charge in [0.25, 0.3) is 0 Å². The summed E-state index contributed by atoms with van der Waals surface area (Å²) in [7, 11) is 0. The highest BCUT2D eigenvalue weighted by molar-refractivity contribution is 6.06. The van der Waals surface area contributed by atoms with Crippen molar-refractivity contribution < 1.29 is 4.42 Å². The molecule has 2 nitrogen and oxygen atoms in total. The van der Waals surface area contributed by atoms with Gasteiger partial charge in [0, 0.05) is 10.8 Å². The molecule has 0 saturated carbocycles. The van der Waals surface area contributed by atoms with Gasteiger partial charge in [0.15, 0.2) is 0 Å².